The van der Waals surface area contributed by atoms with Gasteiger partial charge >= 0.3 is 0 Å². The fraction of sp³-hybridized carbons (Fsp3) is 0.750. The maximum atomic E-state index is 13.5. The average molecular weight is 653 g/mol. The van der Waals surface area contributed by atoms with Gasteiger partial charge in [-0.2, -0.15) is 0 Å². The number of hydrogen-bond acceptors (Lipinski definition) is 8. The van der Waals surface area contributed by atoms with Crippen LogP contribution in [0.25, 0.3) is 0 Å². The zero-order valence-corrected chi connectivity index (χ0v) is 29.5. The van der Waals surface area contributed by atoms with Gasteiger partial charge in [0.15, 0.2) is 0 Å². The third kappa shape index (κ3) is 15.2. The summed E-state index contributed by atoms with van der Waals surface area (Å²) in [5, 5.41) is 27.8. The van der Waals surface area contributed by atoms with Crippen molar-refractivity contribution in [2.24, 2.45) is 29.6 Å². The number of nitrogens with zero attached hydrogens (tertiary/aromatic N) is 1. The van der Waals surface area contributed by atoms with Crippen molar-refractivity contribution in [2.75, 3.05) is 13.1 Å². The van der Waals surface area contributed by atoms with Crippen molar-refractivity contribution in [1.29, 1.82) is 0 Å². The molecule has 5 amide bonds. The molecule has 6 atom stereocenters. The summed E-state index contributed by atoms with van der Waals surface area (Å²) in [5.41, 5.74) is 0.874. The van der Waals surface area contributed by atoms with Gasteiger partial charge in [-0.3, -0.25) is 24.0 Å². The molecule has 6 N–H and O–H groups in total. The van der Waals surface area contributed by atoms with Gasteiger partial charge in [-0.1, -0.05) is 55.4 Å². The summed E-state index contributed by atoms with van der Waals surface area (Å²) >= 11 is 1.46. The first kappa shape index (κ1) is 40.0. The SMILES string of the molecule is CC(=O)NCC(NC(=O)C(C)Cc1nc(C)cs1)C(=O)N[C@@H](CC(C)C)[C@@H](O)C[C@@H](C)C(=O)NC(C(=O)NCC(C)C)C(C)C. The molecule has 0 saturated heterocycles. The summed E-state index contributed by atoms with van der Waals surface area (Å²) in [6.45, 7) is 18.5. The van der Waals surface area contributed by atoms with Crippen LogP contribution in [0.2, 0.25) is 0 Å². The van der Waals surface area contributed by atoms with Crippen LogP contribution in [0.5, 0.6) is 0 Å². The number of carbonyl (C=O) groups excluding carboxylic acids is 5. The highest BCUT2D eigenvalue weighted by atomic mass is 32.1. The summed E-state index contributed by atoms with van der Waals surface area (Å²) in [6, 6.07) is -2.53. The molecule has 0 aliphatic heterocycles. The minimum absolute atomic E-state index is 0.0366. The van der Waals surface area contributed by atoms with E-state index in [9.17, 15) is 29.1 Å². The Balaban J connectivity index is 2.97. The van der Waals surface area contributed by atoms with Crippen LogP contribution < -0.4 is 26.6 Å². The van der Waals surface area contributed by atoms with Gasteiger partial charge in [0, 0.05) is 49.3 Å². The number of carbonyl (C=O) groups is 5. The summed E-state index contributed by atoms with van der Waals surface area (Å²) < 4.78 is 0. The number of aliphatic hydroxyl groups excluding tert-OH is 1. The molecule has 0 radical (unpaired) electrons. The molecule has 256 valence electrons. The Morgan fingerprint density at radius 2 is 1.40 bits per heavy atom. The van der Waals surface area contributed by atoms with Gasteiger partial charge < -0.3 is 31.7 Å². The Morgan fingerprint density at radius 1 is 0.778 bits per heavy atom. The van der Waals surface area contributed by atoms with E-state index in [1.807, 2.05) is 53.8 Å². The number of aryl methyl sites for hydroxylation is 1. The molecule has 3 unspecified atom stereocenters. The van der Waals surface area contributed by atoms with Gasteiger partial charge in [-0.05, 0) is 37.5 Å². The predicted octanol–water partition coefficient (Wildman–Crippen LogP) is 2.08. The van der Waals surface area contributed by atoms with Gasteiger partial charge in [0.2, 0.25) is 29.5 Å². The molecule has 0 fully saturated rings. The molecule has 0 aromatic carbocycles. The van der Waals surface area contributed by atoms with Crippen molar-refractivity contribution < 1.29 is 29.1 Å². The van der Waals surface area contributed by atoms with E-state index in [4.69, 9.17) is 0 Å². The third-order valence-corrected chi connectivity index (χ3v) is 8.26. The molecule has 13 heteroatoms. The first-order valence-electron chi connectivity index (χ1n) is 15.9. The fourth-order valence-electron chi connectivity index (χ4n) is 4.60. The van der Waals surface area contributed by atoms with Crippen LogP contribution in [0.1, 0.15) is 85.9 Å². The van der Waals surface area contributed by atoms with E-state index in [-0.39, 0.29) is 54.3 Å². The lowest BCUT2D eigenvalue weighted by atomic mass is 9.91. The van der Waals surface area contributed by atoms with Crippen molar-refractivity contribution in [3.63, 3.8) is 0 Å². The summed E-state index contributed by atoms with van der Waals surface area (Å²) in [4.78, 5) is 68.4. The van der Waals surface area contributed by atoms with E-state index in [0.717, 1.165) is 10.7 Å². The molecule has 45 heavy (non-hydrogen) atoms. The molecule has 0 saturated carbocycles. The molecule has 1 aromatic rings. The zero-order valence-electron chi connectivity index (χ0n) is 28.7. The van der Waals surface area contributed by atoms with E-state index in [1.165, 1.54) is 18.3 Å². The van der Waals surface area contributed by atoms with E-state index < -0.39 is 42.0 Å². The highest BCUT2D eigenvalue weighted by molar-refractivity contribution is 7.09. The second-order valence-corrected chi connectivity index (χ2v) is 14.2. The minimum atomic E-state index is -1.09. The number of thiazole rings is 1. The summed E-state index contributed by atoms with van der Waals surface area (Å²) in [5.74, 6) is -2.82. The third-order valence-electron chi connectivity index (χ3n) is 7.27. The molecule has 0 aliphatic rings. The van der Waals surface area contributed by atoms with Crippen LogP contribution in [-0.4, -0.2) is 76.9 Å². The van der Waals surface area contributed by atoms with Crippen LogP contribution in [0.4, 0.5) is 0 Å². The second kappa shape index (κ2) is 19.5. The smallest absolute Gasteiger partial charge is 0.244 e. The van der Waals surface area contributed by atoms with Crippen LogP contribution in [0.3, 0.4) is 0 Å². The van der Waals surface area contributed by atoms with Crippen molar-refractivity contribution >= 4 is 40.9 Å². The van der Waals surface area contributed by atoms with E-state index in [1.54, 1.807) is 13.8 Å². The maximum absolute atomic E-state index is 13.5. The largest absolute Gasteiger partial charge is 0.391 e. The lowest BCUT2D eigenvalue weighted by molar-refractivity contribution is -0.133. The quantitative estimate of drug-likeness (QED) is 0.132. The van der Waals surface area contributed by atoms with Crippen molar-refractivity contribution in [3.05, 3.63) is 16.1 Å². The molecule has 1 rings (SSSR count). The normalized spacial score (nSPS) is 15.5. The van der Waals surface area contributed by atoms with E-state index >= 15 is 0 Å². The molecular weight excluding hydrogens is 596 g/mol. The van der Waals surface area contributed by atoms with Gasteiger partial charge in [-0.15, -0.1) is 11.3 Å². The number of aromatic nitrogens is 1. The minimum Gasteiger partial charge on any atom is -0.391 e. The zero-order chi connectivity index (χ0) is 34.4. The highest BCUT2D eigenvalue weighted by Gasteiger charge is 2.32. The molecule has 1 aromatic heterocycles. The Bertz CT molecular complexity index is 1120. The predicted molar refractivity (Wildman–Crippen MR) is 176 cm³/mol. The van der Waals surface area contributed by atoms with Gasteiger partial charge in [0.25, 0.3) is 0 Å². The molecular formula is C32H56N6O6S. The first-order chi connectivity index (χ1) is 20.9. The molecule has 0 bridgehead atoms. The van der Waals surface area contributed by atoms with Crippen LogP contribution in [0.15, 0.2) is 5.38 Å². The lowest BCUT2D eigenvalue weighted by Gasteiger charge is -2.30. The standard InChI is InChI=1S/C32H56N6O6S/c1-17(2)11-24(26(40)12-20(7)30(42)38-28(19(5)6)32(44)34-14-18(3)4)36-31(43)25(15-33-23(10)39)37-29(41)21(8)13-27-35-22(9)16-45-27/h16-21,24-26,28,40H,11-15H2,1-10H3,(H,33,39)(H,34,44)(H,36,43)(H,37,41)(H,38,42)/t20-,21?,24+,25?,26+,28?/m1/s1. The Morgan fingerprint density at radius 3 is 1.91 bits per heavy atom. The summed E-state index contributed by atoms with van der Waals surface area (Å²) in [6.07, 6.45) is -0.235. The Labute approximate surface area is 272 Å². The number of hydrogen-bond donors (Lipinski definition) is 6. The lowest BCUT2D eigenvalue weighted by Crippen LogP contribution is -2.57. The molecule has 1 heterocycles. The van der Waals surface area contributed by atoms with Gasteiger partial charge in [0.1, 0.15) is 12.1 Å². The second-order valence-electron chi connectivity index (χ2n) is 13.3. The first-order valence-corrected chi connectivity index (χ1v) is 16.8. The number of aliphatic hydroxyl groups is 1. The van der Waals surface area contributed by atoms with Crippen LogP contribution in [0, 0.1) is 36.5 Å². The highest BCUT2D eigenvalue weighted by Crippen LogP contribution is 2.17. The molecule has 12 nitrogen and oxygen atoms in total. The van der Waals surface area contributed by atoms with Crippen molar-refractivity contribution in [2.45, 2.75) is 113 Å². The van der Waals surface area contributed by atoms with Crippen LogP contribution in [-0.2, 0) is 30.4 Å². The number of amides is 5. The van der Waals surface area contributed by atoms with Crippen LogP contribution >= 0.6 is 11.3 Å². The fourth-order valence-corrected chi connectivity index (χ4v) is 5.50. The Kier molecular flexibility index (Phi) is 17.3. The monoisotopic (exact) mass is 652 g/mol. The van der Waals surface area contributed by atoms with E-state index in [0.29, 0.717) is 19.4 Å². The topological polar surface area (TPSA) is 179 Å². The maximum Gasteiger partial charge on any atom is 0.244 e. The van der Waals surface area contributed by atoms with Crippen molar-refractivity contribution in [3.8, 4) is 0 Å². The van der Waals surface area contributed by atoms with E-state index in [2.05, 4.69) is 31.6 Å². The average Bonchev–Trinajstić information content (AvgIpc) is 3.35. The molecule has 0 aliphatic carbocycles. The van der Waals surface area contributed by atoms with Crippen molar-refractivity contribution in [1.82, 2.24) is 31.6 Å². The Hall–Kier alpha value is -3.06. The molecule has 0 spiro atoms. The van der Waals surface area contributed by atoms with Gasteiger partial charge in [-0.25, -0.2) is 4.98 Å². The summed E-state index contributed by atoms with van der Waals surface area (Å²) in [7, 11) is 0. The number of nitrogens with one attached hydrogen (secondary N) is 5. The number of rotatable bonds is 19. The van der Waals surface area contributed by atoms with Gasteiger partial charge in [0.05, 0.1) is 17.2 Å².